The molecule has 0 aliphatic carbocycles. The number of aromatic nitrogens is 4. The fraction of sp³-hybridized carbons (Fsp3) is 0.211. The Morgan fingerprint density at radius 2 is 1.93 bits per heavy atom. The summed E-state index contributed by atoms with van der Waals surface area (Å²) in [5.74, 6) is 0.856. The smallest absolute Gasteiger partial charge is 0.237 e. The molecule has 0 saturated heterocycles. The number of nitriles is 1. The van der Waals surface area contributed by atoms with Crippen molar-refractivity contribution in [3.8, 4) is 17.5 Å². The average Bonchev–Trinajstić information content (AvgIpc) is 3.08. The molecule has 0 fully saturated rings. The van der Waals surface area contributed by atoms with Crippen LogP contribution in [0.15, 0.2) is 60.0 Å². The predicted molar refractivity (Wildman–Crippen MR) is 104 cm³/mol. The van der Waals surface area contributed by atoms with Gasteiger partial charge in [-0.15, -0.1) is 10.2 Å². The number of carbonyl (C=O) groups excluding carboxylic acids is 1. The third kappa shape index (κ3) is 4.51. The summed E-state index contributed by atoms with van der Waals surface area (Å²) in [5.41, 5.74) is 1.70. The molecule has 0 N–H and O–H groups in total. The van der Waals surface area contributed by atoms with Crippen LogP contribution >= 0.6 is 11.8 Å². The van der Waals surface area contributed by atoms with Crippen molar-refractivity contribution in [2.45, 2.75) is 11.6 Å². The molecule has 0 unspecified atom stereocenters. The lowest BCUT2D eigenvalue weighted by atomic mass is 10.2. The molecule has 0 bridgehead atoms. The van der Waals surface area contributed by atoms with Crippen molar-refractivity contribution in [3.05, 3.63) is 54.9 Å². The number of carbonyl (C=O) groups is 1. The van der Waals surface area contributed by atoms with Crippen LogP contribution in [0.2, 0.25) is 0 Å². The quantitative estimate of drug-likeness (QED) is 0.588. The van der Waals surface area contributed by atoms with Gasteiger partial charge in [-0.05, 0) is 24.3 Å². The molecular weight excluding hydrogens is 360 g/mol. The standard InChI is InChI=1S/C19H18N6OS/c1-24-18(15-8-11-21-12-9-15)22-23-19(24)27-14-17(26)25(13-5-10-20)16-6-3-2-4-7-16/h2-4,6-9,11-12H,5,13-14H2,1H3. The Hall–Kier alpha value is -3.18. The highest BCUT2D eigenvalue weighted by molar-refractivity contribution is 7.99. The minimum atomic E-state index is -0.0742. The maximum absolute atomic E-state index is 12.7. The highest BCUT2D eigenvalue weighted by atomic mass is 32.2. The van der Waals surface area contributed by atoms with Crippen LogP contribution in [0.3, 0.4) is 0 Å². The van der Waals surface area contributed by atoms with E-state index in [9.17, 15) is 4.79 Å². The number of benzene rings is 1. The van der Waals surface area contributed by atoms with E-state index in [0.29, 0.717) is 11.7 Å². The lowest BCUT2D eigenvalue weighted by Gasteiger charge is -2.21. The molecule has 0 aliphatic rings. The van der Waals surface area contributed by atoms with Crippen LogP contribution < -0.4 is 4.90 Å². The highest BCUT2D eigenvalue weighted by Gasteiger charge is 2.18. The van der Waals surface area contributed by atoms with Crippen molar-refractivity contribution >= 4 is 23.4 Å². The Bertz CT molecular complexity index is 936. The van der Waals surface area contributed by atoms with Gasteiger partial charge in [-0.3, -0.25) is 9.78 Å². The number of pyridine rings is 1. The van der Waals surface area contributed by atoms with E-state index in [1.165, 1.54) is 11.8 Å². The normalized spacial score (nSPS) is 10.4. The van der Waals surface area contributed by atoms with Gasteiger partial charge >= 0.3 is 0 Å². The monoisotopic (exact) mass is 378 g/mol. The van der Waals surface area contributed by atoms with Gasteiger partial charge in [-0.1, -0.05) is 30.0 Å². The molecule has 8 heteroatoms. The third-order valence-electron chi connectivity index (χ3n) is 3.91. The van der Waals surface area contributed by atoms with Gasteiger partial charge in [0.15, 0.2) is 11.0 Å². The first kappa shape index (κ1) is 18.6. The van der Waals surface area contributed by atoms with Gasteiger partial charge in [-0.25, -0.2) is 0 Å². The third-order valence-corrected chi connectivity index (χ3v) is 4.92. The highest BCUT2D eigenvalue weighted by Crippen LogP contribution is 2.23. The van der Waals surface area contributed by atoms with E-state index in [-0.39, 0.29) is 18.1 Å². The minimum Gasteiger partial charge on any atom is -0.311 e. The van der Waals surface area contributed by atoms with Gasteiger partial charge < -0.3 is 9.47 Å². The molecule has 3 aromatic rings. The van der Waals surface area contributed by atoms with E-state index in [0.717, 1.165) is 17.1 Å². The molecule has 2 aromatic heterocycles. The van der Waals surface area contributed by atoms with Crippen molar-refractivity contribution in [2.24, 2.45) is 7.05 Å². The zero-order valence-electron chi connectivity index (χ0n) is 14.8. The second-order valence-corrected chi connectivity index (χ2v) is 6.62. The maximum Gasteiger partial charge on any atom is 0.237 e. The number of anilines is 1. The van der Waals surface area contributed by atoms with Crippen molar-refractivity contribution in [2.75, 3.05) is 17.2 Å². The van der Waals surface area contributed by atoms with Crippen molar-refractivity contribution in [1.29, 1.82) is 5.26 Å². The summed E-state index contributed by atoms with van der Waals surface area (Å²) in [6, 6.07) is 15.2. The van der Waals surface area contributed by atoms with Crippen molar-refractivity contribution < 1.29 is 4.79 Å². The summed E-state index contributed by atoms with van der Waals surface area (Å²) in [6.45, 7) is 0.362. The van der Waals surface area contributed by atoms with Gasteiger partial charge in [0.25, 0.3) is 0 Å². The summed E-state index contributed by atoms with van der Waals surface area (Å²) >= 11 is 1.33. The van der Waals surface area contributed by atoms with Crippen LogP contribution in [-0.4, -0.2) is 38.0 Å². The molecular formula is C19H18N6OS. The van der Waals surface area contributed by atoms with E-state index < -0.39 is 0 Å². The molecule has 0 aliphatic heterocycles. The van der Waals surface area contributed by atoms with Crippen LogP contribution in [0.4, 0.5) is 5.69 Å². The summed E-state index contributed by atoms with van der Waals surface area (Å²) < 4.78 is 1.86. The number of hydrogen-bond donors (Lipinski definition) is 0. The molecule has 3 rings (SSSR count). The number of hydrogen-bond acceptors (Lipinski definition) is 6. The van der Waals surface area contributed by atoms with Crippen LogP contribution in [0, 0.1) is 11.3 Å². The number of amides is 1. The van der Waals surface area contributed by atoms with E-state index in [2.05, 4.69) is 21.3 Å². The van der Waals surface area contributed by atoms with Gasteiger partial charge in [0, 0.05) is 37.2 Å². The van der Waals surface area contributed by atoms with E-state index in [4.69, 9.17) is 5.26 Å². The average molecular weight is 378 g/mol. The van der Waals surface area contributed by atoms with Crippen LogP contribution in [0.5, 0.6) is 0 Å². The molecule has 0 radical (unpaired) electrons. The fourth-order valence-corrected chi connectivity index (χ4v) is 3.35. The topological polar surface area (TPSA) is 87.7 Å². The number of thioether (sulfide) groups is 1. The van der Waals surface area contributed by atoms with Crippen LogP contribution in [-0.2, 0) is 11.8 Å². The second kappa shape index (κ2) is 8.96. The number of para-hydroxylation sites is 1. The molecule has 7 nitrogen and oxygen atoms in total. The summed E-state index contributed by atoms with van der Waals surface area (Å²) in [7, 11) is 1.87. The summed E-state index contributed by atoms with van der Waals surface area (Å²) in [4.78, 5) is 18.4. The first-order valence-electron chi connectivity index (χ1n) is 8.35. The first-order chi connectivity index (χ1) is 13.2. The van der Waals surface area contributed by atoms with Gasteiger partial charge in [0.2, 0.25) is 5.91 Å². The summed E-state index contributed by atoms with van der Waals surface area (Å²) in [5, 5.41) is 17.9. The lowest BCUT2D eigenvalue weighted by Crippen LogP contribution is -2.33. The van der Waals surface area contributed by atoms with E-state index >= 15 is 0 Å². The molecule has 1 amide bonds. The van der Waals surface area contributed by atoms with Gasteiger partial charge in [-0.2, -0.15) is 5.26 Å². The van der Waals surface area contributed by atoms with Gasteiger partial charge in [0.05, 0.1) is 18.2 Å². The fourth-order valence-electron chi connectivity index (χ4n) is 2.56. The zero-order chi connectivity index (χ0) is 19.1. The molecule has 136 valence electrons. The Balaban J connectivity index is 1.71. The summed E-state index contributed by atoms with van der Waals surface area (Å²) in [6.07, 6.45) is 3.68. The predicted octanol–water partition coefficient (Wildman–Crippen LogP) is 2.92. The number of rotatable bonds is 7. The molecule has 0 spiro atoms. The lowest BCUT2D eigenvalue weighted by molar-refractivity contribution is -0.116. The second-order valence-electron chi connectivity index (χ2n) is 5.68. The first-order valence-corrected chi connectivity index (χ1v) is 9.34. The Kier molecular flexibility index (Phi) is 6.18. The molecule has 27 heavy (non-hydrogen) atoms. The van der Waals surface area contributed by atoms with Crippen molar-refractivity contribution in [1.82, 2.24) is 19.7 Å². The van der Waals surface area contributed by atoms with E-state index in [1.807, 2.05) is 54.1 Å². The Morgan fingerprint density at radius 1 is 1.19 bits per heavy atom. The van der Waals surface area contributed by atoms with Crippen molar-refractivity contribution in [3.63, 3.8) is 0 Å². The minimum absolute atomic E-state index is 0.0742. The molecule has 2 heterocycles. The molecule has 1 aromatic carbocycles. The Morgan fingerprint density at radius 3 is 2.63 bits per heavy atom. The largest absolute Gasteiger partial charge is 0.311 e. The zero-order valence-corrected chi connectivity index (χ0v) is 15.6. The van der Waals surface area contributed by atoms with Crippen LogP contribution in [0.25, 0.3) is 11.4 Å². The molecule has 0 saturated carbocycles. The van der Waals surface area contributed by atoms with Gasteiger partial charge in [0.1, 0.15) is 0 Å². The number of nitrogens with zero attached hydrogens (tertiary/aromatic N) is 6. The Labute approximate surface area is 161 Å². The van der Waals surface area contributed by atoms with E-state index in [1.54, 1.807) is 17.3 Å². The SMILES string of the molecule is Cn1c(SCC(=O)N(CCC#N)c2ccccc2)nnc1-c1ccncc1. The molecule has 0 atom stereocenters. The maximum atomic E-state index is 12.7. The van der Waals surface area contributed by atoms with Crippen LogP contribution in [0.1, 0.15) is 6.42 Å².